The second kappa shape index (κ2) is 6.05. The molecule has 1 heterocycles. The molecule has 6 nitrogen and oxygen atoms in total. The van der Waals surface area contributed by atoms with Crippen LogP contribution in [0.5, 0.6) is 11.5 Å². The number of hydrogen-bond donors (Lipinski definition) is 0. The summed E-state index contributed by atoms with van der Waals surface area (Å²) in [4.78, 5) is 26.4. The Labute approximate surface area is 138 Å². The summed E-state index contributed by atoms with van der Waals surface area (Å²) in [5.74, 6) is -0.228. The van der Waals surface area contributed by atoms with E-state index < -0.39 is 5.91 Å². The standard InChI is InChI=1S/C18H14N2O4/c1-23-15-7-12(9-19)14(8-16(15)24-2)18(22)20-10-11-5-3-4-6-13(11)17(20)21/h3-8H,10H2,1-2H3. The number of methoxy groups -OCH3 is 2. The van der Waals surface area contributed by atoms with Crippen molar-refractivity contribution in [3.8, 4) is 17.6 Å². The number of nitrogens with zero attached hydrogens (tertiary/aromatic N) is 2. The van der Waals surface area contributed by atoms with Gasteiger partial charge < -0.3 is 9.47 Å². The van der Waals surface area contributed by atoms with Gasteiger partial charge in [-0.15, -0.1) is 0 Å². The van der Waals surface area contributed by atoms with Crippen LogP contribution >= 0.6 is 0 Å². The summed E-state index contributed by atoms with van der Waals surface area (Å²) in [5, 5.41) is 9.33. The van der Waals surface area contributed by atoms with E-state index in [0.29, 0.717) is 17.1 Å². The molecular weight excluding hydrogens is 308 g/mol. The molecule has 0 atom stereocenters. The fourth-order valence-electron chi connectivity index (χ4n) is 2.71. The van der Waals surface area contributed by atoms with Gasteiger partial charge in [0.1, 0.15) is 6.07 Å². The minimum absolute atomic E-state index is 0.108. The molecule has 0 saturated carbocycles. The lowest BCUT2D eigenvalue weighted by Gasteiger charge is -2.16. The third-order valence-electron chi connectivity index (χ3n) is 3.94. The maximum atomic E-state index is 12.8. The van der Waals surface area contributed by atoms with E-state index in [1.807, 2.05) is 12.1 Å². The van der Waals surface area contributed by atoms with Crippen LogP contribution in [0.3, 0.4) is 0 Å². The van der Waals surface area contributed by atoms with Gasteiger partial charge in [-0.1, -0.05) is 18.2 Å². The highest BCUT2D eigenvalue weighted by Gasteiger charge is 2.33. The average molecular weight is 322 g/mol. The predicted molar refractivity (Wildman–Crippen MR) is 84.9 cm³/mol. The van der Waals surface area contributed by atoms with Gasteiger partial charge in [-0.25, -0.2) is 0 Å². The molecule has 0 radical (unpaired) electrons. The molecule has 3 rings (SSSR count). The predicted octanol–water partition coefficient (Wildman–Crippen LogP) is 2.37. The van der Waals surface area contributed by atoms with Gasteiger partial charge in [0.2, 0.25) is 0 Å². The number of ether oxygens (including phenoxy) is 2. The Morgan fingerprint density at radius 2 is 1.83 bits per heavy atom. The van der Waals surface area contributed by atoms with Crippen molar-refractivity contribution in [3.05, 3.63) is 58.7 Å². The van der Waals surface area contributed by atoms with E-state index in [1.54, 1.807) is 18.2 Å². The number of carbonyl (C=O) groups is 2. The zero-order valence-electron chi connectivity index (χ0n) is 13.2. The van der Waals surface area contributed by atoms with E-state index >= 15 is 0 Å². The highest BCUT2D eigenvalue weighted by Crippen LogP contribution is 2.32. The molecule has 0 aliphatic carbocycles. The van der Waals surface area contributed by atoms with Crippen LogP contribution in [0.2, 0.25) is 0 Å². The summed E-state index contributed by atoms with van der Waals surface area (Å²) in [7, 11) is 2.89. The number of hydrogen-bond acceptors (Lipinski definition) is 5. The molecule has 1 aliphatic rings. The topological polar surface area (TPSA) is 79.6 Å². The number of amides is 2. The van der Waals surface area contributed by atoms with Crippen molar-refractivity contribution in [1.29, 1.82) is 5.26 Å². The van der Waals surface area contributed by atoms with Gasteiger partial charge in [-0.05, 0) is 17.7 Å². The van der Waals surface area contributed by atoms with E-state index in [0.717, 1.165) is 10.5 Å². The second-order valence-electron chi connectivity index (χ2n) is 5.22. The van der Waals surface area contributed by atoms with E-state index in [4.69, 9.17) is 9.47 Å². The summed E-state index contributed by atoms with van der Waals surface area (Å²) in [6.07, 6.45) is 0. The van der Waals surface area contributed by atoms with Gasteiger partial charge in [0.15, 0.2) is 11.5 Å². The minimum atomic E-state index is -0.534. The molecule has 2 amide bonds. The van der Waals surface area contributed by atoms with E-state index in [9.17, 15) is 14.9 Å². The van der Waals surface area contributed by atoms with Gasteiger partial charge in [-0.3, -0.25) is 14.5 Å². The largest absolute Gasteiger partial charge is 0.493 e. The molecule has 1 aliphatic heterocycles. The summed E-state index contributed by atoms with van der Waals surface area (Å²) in [6, 6.07) is 11.9. The molecule has 0 saturated heterocycles. The molecule has 0 unspecified atom stereocenters. The molecule has 0 aromatic heterocycles. The van der Waals surface area contributed by atoms with Crippen LogP contribution < -0.4 is 9.47 Å². The first-order valence-corrected chi connectivity index (χ1v) is 7.21. The number of nitriles is 1. The average Bonchev–Trinajstić information content (AvgIpc) is 2.97. The lowest BCUT2D eigenvalue weighted by atomic mass is 10.1. The zero-order chi connectivity index (χ0) is 17.3. The van der Waals surface area contributed by atoms with Crippen LogP contribution in [0.15, 0.2) is 36.4 Å². The number of imide groups is 1. The lowest BCUT2D eigenvalue weighted by molar-refractivity contribution is 0.0630. The van der Waals surface area contributed by atoms with Crippen LogP contribution in [0.25, 0.3) is 0 Å². The number of rotatable bonds is 3. The Balaban J connectivity index is 2.03. The first-order valence-electron chi connectivity index (χ1n) is 7.21. The van der Waals surface area contributed by atoms with Crippen LogP contribution in [0, 0.1) is 11.3 Å². The summed E-state index contributed by atoms with van der Waals surface area (Å²) >= 11 is 0. The maximum absolute atomic E-state index is 12.8. The Bertz CT molecular complexity index is 883. The molecular formula is C18H14N2O4. The van der Waals surface area contributed by atoms with E-state index in [-0.39, 0.29) is 23.6 Å². The van der Waals surface area contributed by atoms with Crippen molar-refractivity contribution >= 4 is 11.8 Å². The molecule has 0 fully saturated rings. The number of benzene rings is 2. The highest BCUT2D eigenvalue weighted by atomic mass is 16.5. The van der Waals surface area contributed by atoms with Gasteiger partial charge >= 0.3 is 0 Å². The number of fused-ring (bicyclic) bond motifs is 1. The third-order valence-corrected chi connectivity index (χ3v) is 3.94. The molecule has 0 N–H and O–H groups in total. The monoisotopic (exact) mass is 322 g/mol. The van der Waals surface area contributed by atoms with Crippen molar-refractivity contribution in [1.82, 2.24) is 4.90 Å². The van der Waals surface area contributed by atoms with Crippen LogP contribution in [-0.4, -0.2) is 30.9 Å². The van der Waals surface area contributed by atoms with E-state index in [2.05, 4.69) is 0 Å². The minimum Gasteiger partial charge on any atom is -0.493 e. The van der Waals surface area contributed by atoms with Crippen LogP contribution in [-0.2, 0) is 6.54 Å². The van der Waals surface area contributed by atoms with Crippen LogP contribution in [0.1, 0.15) is 31.8 Å². The normalized spacial score (nSPS) is 12.5. The third kappa shape index (κ3) is 2.36. The Kier molecular flexibility index (Phi) is 3.92. The van der Waals surface area contributed by atoms with Gasteiger partial charge in [0.25, 0.3) is 11.8 Å². The molecule has 2 aromatic carbocycles. The zero-order valence-corrected chi connectivity index (χ0v) is 13.2. The molecule has 2 aromatic rings. The fourth-order valence-corrected chi connectivity index (χ4v) is 2.71. The lowest BCUT2D eigenvalue weighted by Crippen LogP contribution is -2.31. The molecule has 24 heavy (non-hydrogen) atoms. The molecule has 0 spiro atoms. The van der Waals surface area contributed by atoms with E-state index in [1.165, 1.54) is 26.4 Å². The smallest absolute Gasteiger partial charge is 0.262 e. The molecule has 120 valence electrons. The quantitative estimate of drug-likeness (QED) is 0.811. The highest BCUT2D eigenvalue weighted by molar-refractivity contribution is 6.13. The van der Waals surface area contributed by atoms with Gasteiger partial charge in [0, 0.05) is 11.6 Å². The van der Waals surface area contributed by atoms with Crippen molar-refractivity contribution in [2.75, 3.05) is 14.2 Å². The van der Waals surface area contributed by atoms with Crippen LogP contribution in [0.4, 0.5) is 0 Å². The summed E-state index contributed by atoms with van der Waals surface area (Å²) in [5.41, 5.74) is 1.53. The first-order chi connectivity index (χ1) is 11.6. The Hall–Kier alpha value is -3.33. The fraction of sp³-hybridized carbons (Fsp3) is 0.167. The van der Waals surface area contributed by atoms with Crippen molar-refractivity contribution in [3.63, 3.8) is 0 Å². The van der Waals surface area contributed by atoms with Gasteiger partial charge in [-0.2, -0.15) is 5.26 Å². The summed E-state index contributed by atoms with van der Waals surface area (Å²) < 4.78 is 10.3. The van der Waals surface area contributed by atoms with Crippen molar-refractivity contribution in [2.24, 2.45) is 0 Å². The number of carbonyl (C=O) groups excluding carboxylic acids is 2. The Morgan fingerprint density at radius 3 is 2.46 bits per heavy atom. The van der Waals surface area contributed by atoms with Gasteiger partial charge in [0.05, 0.1) is 31.9 Å². The van der Waals surface area contributed by atoms with Crippen molar-refractivity contribution in [2.45, 2.75) is 6.54 Å². The SMILES string of the molecule is COc1cc(C#N)c(C(=O)N2Cc3ccccc3C2=O)cc1OC. The Morgan fingerprint density at radius 1 is 1.17 bits per heavy atom. The first kappa shape index (κ1) is 15.6. The maximum Gasteiger partial charge on any atom is 0.262 e. The molecule has 0 bridgehead atoms. The second-order valence-corrected chi connectivity index (χ2v) is 5.22. The summed E-state index contributed by atoms with van der Waals surface area (Å²) in [6.45, 7) is 0.188. The molecule has 6 heteroatoms. The van der Waals surface area contributed by atoms with Crippen molar-refractivity contribution < 1.29 is 19.1 Å².